The smallest absolute Gasteiger partial charge is 0.418 e. The fourth-order valence-electron chi connectivity index (χ4n) is 2.47. The lowest BCUT2D eigenvalue weighted by atomic mass is 10.1. The Morgan fingerprint density at radius 1 is 1.04 bits per heavy atom. The van der Waals surface area contributed by atoms with Crippen molar-refractivity contribution >= 4 is 11.7 Å². The molecule has 2 rings (SSSR count). The zero-order chi connectivity index (χ0) is 19.2. The average molecular weight is 368 g/mol. The van der Waals surface area contributed by atoms with Gasteiger partial charge in [-0.2, -0.15) is 13.2 Å². The maximum atomic E-state index is 12.9. The third-order valence-electron chi connectivity index (χ3n) is 3.65. The Hall–Kier alpha value is -2.90. The van der Waals surface area contributed by atoms with E-state index in [4.69, 9.17) is 9.47 Å². The molecule has 0 aliphatic carbocycles. The van der Waals surface area contributed by atoms with Crippen LogP contribution in [0, 0.1) is 0 Å². The first-order chi connectivity index (χ1) is 12.4. The summed E-state index contributed by atoms with van der Waals surface area (Å²) >= 11 is 0. The maximum absolute atomic E-state index is 12.9. The number of carbonyl (C=O) groups is 1. The Morgan fingerprint density at radius 3 is 2.42 bits per heavy atom. The minimum Gasteiger partial charge on any atom is -0.493 e. The number of anilines is 1. The van der Waals surface area contributed by atoms with Crippen molar-refractivity contribution in [3.8, 4) is 11.5 Å². The largest absolute Gasteiger partial charge is 0.493 e. The first kappa shape index (κ1) is 19.4. The molecule has 8 heteroatoms. The molecule has 140 valence electrons. The fourth-order valence-corrected chi connectivity index (χ4v) is 2.47. The molecular formula is C18H19F3N2O3. The van der Waals surface area contributed by atoms with Gasteiger partial charge < -0.3 is 20.1 Å². The van der Waals surface area contributed by atoms with Gasteiger partial charge in [-0.05, 0) is 30.2 Å². The van der Waals surface area contributed by atoms with Crippen LogP contribution in [0.15, 0.2) is 42.5 Å². The van der Waals surface area contributed by atoms with Gasteiger partial charge in [0.05, 0.1) is 25.5 Å². The quantitative estimate of drug-likeness (QED) is 0.808. The van der Waals surface area contributed by atoms with E-state index in [2.05, 4.69) is 10.6 Å². The molecule has 2 amide bonds. The summed E-state index contributed by atoms with van der Waals surface area (Å²) in [6.45, 7) is 0.212. The molecule has 2 N–H and O–H groups in total. The van der Waals surface area contributed by atoms with E-state index in [-0.39, 0.29) is 12.2 Å². The lowest BCUT2D eigenvalue weighted by molar-refractivity contribution is -0.136. The standard InChI is InChI=1S/C18H19F3N2O3/c1-25-15-9-5-6-12(16(15)26-2)10-11-22-17(24)23-14-8-4-3-7-13(14)18(19,20)21/h3-9H,10-11H2,1-2H3,(H2,22,23,24). The molecule has 0 saturated carbocycles. The van der Waals surface area contributed by atoms with Crippen LogP contribution in [0.25, 0.3) is 0 Å². The molecule has 0 spiro atoms. The van der Waals surface area contributed by atoms with Crippen molar-refractivity contribution in [2.45, 2.75) is 12.6 Å². The van der Waals surface area contributed by atoms with Gasteiger partial charge in [-0.3, -0.25) is 0 Å². The highest BCUT2D eigenvalue weighted by Gasteiger charge is 2.33. The SMILES string of the molecule is COc1cccc(CCNC(=O)Nc2ccccc2C(F)(F)F)c1OC. The van der Waals surface area contributed by atoms with Crippen molar-refractivity contribution in [3.05, 3.63) is 53.6 Å². The van der Waals surface area contributed by atoms with E-state index >= 15 is 0 Å². The molecule has 0 atom stereocenters. The van der Waals surface area contributed by atoms with Crippen LogP contribution >= 0.6 is 0 Å². The van der Waals surface area contributed by atoms with E-state index in [1.54, 1.807) is 12.1 Å². The number of alkyl halides is 3. The fraction of sp³-hybridized carbons (Fsp3) is 0.278. The van der Waals surface area contributed by atoms with Gasteiger partial charge in [-0.25, -0.2) is 4.79 Å². The molecule has 5 nitrogen and oxygen atoms in total. The van der Waals surface area contributed by atoms with Crippen LogP contribution in [0.4, 0.5) is 23.7 Å². The second-order valence-corrected chi connectivity index (χ2v) is 5.33. The van der Waals surface area contributed by atoms with Gasteiger partial charge in [0, 0.05) is 6.54 Å². The van der Waals surface area contributed by atoms with Crippen LogP contribution in [0.3, 0.4) is 0 Å². The van der Waals surface area contributed by atoms with E-state index in [1.807, 2.05) is 6.07 Å². The Labute approximate surface area is 149 Å². The molecule has 0 fully saturated rings. The molecule has 0 bridgehead atoms. The average Bonchev–Trinajstić information content (AvgIpc) is 2.61. The van der Waals surface area contributed by atoms with Gasteiger partial charge >= 0.3 is 12.2 Å². The number of rotatable bonds is 6. The molecule has 0 aromatic heterocycles. The van der Waals surface area contributed by atoms with Crippen LogP contribution in [-0.2, 0) is 12.6 Å². The number of hydrogen-bond donors (Lipinski definition) is 2. The summed E-state index contributed by atoms with van der Waals surface area (Å²) < 4.78 is 49.3. The lowest BCUT2D eigenvalue weighted by Gasteiger charge is -2.15. The normalized spacial score (nSPS) is 11.0. The van der Waals surface area contributed by atoms with E-state index < -0.39 is 17.8 Å². The third-order valence-corrected chi connectivity index (χ3v) is 3.65. The molecule has 0 aliphatic rings. The van der Waals surface area contributed by atoms with Crippen LogP contribution in [0.2, 0.25) is 0 Å². The number of methoxy groups -OCH3 is 2. The van der Waals surface area contributed by atoms with Crippen molar-refractivity contribution in [2.24, 2.45) is 0 Å². The summed E-state index contributed by atoms with van der Waals surface area (Å²) in [5.41, 5.74) is -0.385. The molecule has 26 heavy (non-hydrogen) atoms. The Morgan fingerprint density at radius 2 is 1.77 bits per heavy atom. The van der Waals surface area contributed by atoms with E-state index in [1.165, 1.54) is 32.4 Å². The van der Waals surface area contributed by atoms with Crippen LogP contribution < -0.4 is 20.1 Å². The summed E-state index contributed by atoms with van der Waals surface area (Å²) in [5.74, 6) is 1.12. The highest BCUT2D eigenvalue weighted by atomic mass is 19.4. The van der Waals surface area contributed by atoms with Crippen molar-refractivity contribution in [3.63, 3.8) is 0 Å². The highest BCUT2D eigenvalue weighted by Crippen LogP contribution is 2.34. The number of ether oxygens (including phenoxy) is 2. The second-order valence-electron chi connectivity index (χ2n) is 5.33. The number of carbonyl (C=O) groups excluding carboxylic acids is 1. The zero-order valence-corrected chi connectivity index (χ0v) is 14.3. The van der Waals surface area contributed by atoms with Crippen molar-refractivity contribution in [1.82, 2.24) is 5.32 Å². The third kappa shape index (κ3) is 4.81. The topological polar surface area (TPSA) is 59.6 Å². The van der Waals surface area contributed by atoms with Crippen molar-refractivity contribution < 1.29 is 27.4 Å². The summed E-state index contributed by atoms with van der Waals surface area (Å²) in [6, 6.07) is 9.44. The van der Waals surface area contributed by atoms with Crippen molar-refractivity contribution in [1.29, 1.82) is 0 Å². The second kappa shape index (κ2) is 8.46. The summed E-state index contributed by atoms with van der Waals surface area (Å²) in [7, 11) is 3.03. The van der Waals surface area contributed by atoms with Gasteiger partial charge in [-0.1, -0.05) is 24.3 Å². The van der Waals surface area contributed by atoms with E-state index in [0.29, 0.717) is 17.9 Å². The Kier molecular flexibility index (Phi) is 6.32. The number of benzene rings is 2. The molecule has 0 radical (unpaired) electrons. The molecule has 2 aromatic rings. The van der Waals surface area contributed by atoms with Gasteiger partial charge in [0.25, 0.3) is 0 Å². The van der Waals surface area contributed by atoms with Crippen LogP contribution in [-0.4, -0.2) is 26.8 Å². The number of halogens is 3. The Bertz CT molecular complexity index is 764. The van der Waals surface area contributed by atoms with Gasteiger partial charge in [0.1, 0.15) is 0 Å². The van der Waals surface area contributed by atoms with Gasteiger partial charge in [0.15, 0.2) is 11.5 Å². The molecule has 0 saturated heterocycles. The minimum atomic E-state index is -4.54. The predicted octanol–water partition coefficient (Wildman–Crippen LogP) is 4.09. The predicted molar refractivity (Wildman–Crippen MR) is 91.7 cm³/mol. The monoisotopic (exact) mass is 368 g/mol. The number of para-hydroxylation sites is 2. The van der Waals surface area contributed by atoms with Gasteiger partial charge in [-0.15, -0.1) is 0 Å². The van der Waals surface area contributed by atoms with Crippen molar-refractivity contribution in [2.75, 3.05) is 26.1 Å². The van der Waals surface area contributed by atoms with Crippen LogP contribution in [0.1, 0.15) is 11.1 Å². The van der Waals surface area contributed by atoms with E-state index in [9.17, 15) is 18.0 Å². The summed E-state index contributed by atoms with van der Waals surface area (Å²) in [5, 5.41) is 4.76. The van der Waals surface area contributed by atoms with Gasteiger partial charge in [0.2, 0.25) is 0 Å². The zero-order valence-electron chi connectivity index (χ0n) is 14.3. The summed E-state index contributed by atoms with van der Waals surface area (Å²) in [6.07, 6.45) is -4.12. The number of amides is 2. The van der Waals surface area contributed by atoms with Crippen LogP contribution in [0.5, 0.6) is 11.5 Å². The molecular weight excluding hydrogens is 349 g/mol. The Balaban J connectivity index is 1.97. The molecule has 0 unspecified atom stereocenters. The number of urea groups is 1. The molecule has 0 heterocycles. The lowest BCUT2D eigenvalue weighted by Crippen LogP contribution is -2.31. The number of nitrogens with one attached hydrogen (secondary N) is 2. The molecule has 0 aliphatic heterocycles. The minimum absolute atomic E-state index is 0.212. The molecule has 2 aromatic carbocycles. The summed E-state index contributed by atoms with van der Waals surface area (Å²) in [4.78, 5) is 11.9. The van der Waals surface area contributed by atoms with E-state index in [0.717, 1.165) is 11.6 Å². The highest BCUT2D eigenvalue weighted by molar-refractivity contribution is 5.90. The maximum Gasteiger partial charge on any atom is 0.418 e. The number of hydrogen-bond acceptors (Lipinski definition) is 3. The first-order valence-corrected chi connectivity index (χ1v) is 7.77. The first-order valence-electron chi connectivity index (χ1n) is 7.77.